The maximum absolute atomic E-state index is 11.5. The quantitative estimate of drug-likeness (QED) is 0.894. The molecule has 0 saturated carbocycles. The molecule has 98 valence electrons. The van der Waals surface area contributed by atoms with Gasteiger partial charge in [-0.1, -0.05) is 24.3 Å². The first kappa shape index (κ1) is 12.4. The zero-order valence-electron chi connectivity index (χ0n) is 10.3. The molecule has 0 amide bonds. The molecule has 0 spiro atoms. The van der Waals surface area contributed by atoms with Crippen LogP contribution < -0.4 is 10.9 Å². The molecule has 0 radical (unpaired) electrons. The zero-order chi connectivity index (χ0) is 13.2. The molecule has 4 nitrogen and oxygen atoms in total. The summed E-state index contributed by atoms with van der Waals surface area (Å²) >= 11 is 3.30. The second-order valence-corrected chi connectivity index (χ2v) is 5.51. The number of nitrogens with one attached hydrogen (secondary N) is 2. The maximum Gasteiger partial charge on any atom is 0.280 e. The average molecular weight is 320 g/mol. The van der Waals surface area contributed by atoms with Gasteiger partial charge in [-0.3, -0.25) is 4.79 Å². The highest BCUT2D eigenvalue weighted by molar-refractivity contribution is 9.10. The number of nitrogens with zero attached hydrogens (tertiary/aromatic N) is 1. The van der Waals surface area contributed by atoms with E-state index in [0.717, 1.165) is 24.9 Å². The third-order valence-electron chi connectivity index (χ3n) is 3.49. The fourth-order valence-corrected chi connectivity index (χ4v) is 2.88. The first-order chi connectivity index (χ1) is 9.25. The highest BCUT2D eigenvalue weighted by atomic mass is 79.9. The van der Waals surface area contributed by atoms with Crippen LogP contribution in [0.1, 0.15) is 30.0 Å². The van der Waals surface area contributed by atoms with Gasteiger partial charge in [0.1, 0.15) is 4.47 Å². The number of hydrogen-bond acceptors (Lipinski definition) is 3. The molecule has 1 heterocycles. The number of rotatable bonds is 2. The van der Waals surface area contributed by atoms with Crippen LogP contribution in [0.15, 0.2) is 39.7 Å². The molecule has 1 unspecified atom stereocenters. The summed E-state index contributed by atoms with van der Waals surface area (Å²) in [7, 11) is 0. The SMILES string of the molecule is O=c1[nH]ncc(NC2CCCc3ccccc32)c1Br. The van der Waals surface area contributed by atoms with E-state index in [2.05, 4.69) is 55.7 Å². The van der Waals surface area contributed by atoms with Crippen molar-refractivity contribution in [1.82, 2.24) is 10.2 Å². The molecular weight excluding hydrogens is 306 g/mol. The Bertz CT molecular complexity index is 653. The highest BCUT2D eigenvalue weighted by Gasteiger charge is 2.20. The Balaban J connectivity index is 1.93. The molecule has 0 aliphatic heterocycles. The van der Waals surface area contributed by atoms with Crippen molar-refractivity contribution in [3.63, 3.8) is 0 Å². The number of anilines is 1. The van der Waals surface area contributed by atoms with E-state index < -0.39 is 0 Å². The largest absolute Gasteiger partial charge is 0.376 e. The Morgan fingerprint density at radius 3 is 3.11 bits per heavy atom. The fourth-order valence-electron chi connectivity index (χ4n) is 2.58. The van der Waals surface area contributed by atoms with Gasteiger partial charge in [0.2, 0.25) is 0 Å². The van der Waals surface area contributed by atoms with Crippen molar-refractivity contribution in [3.05, 3.63) is 56.4 Å². The number of benzene rings is 1. The molecule has 2 N–H and O–H groups in total. The van der Waals surface area contributed by atoms with Crippen molar-refractivity contribution >= 4 is 21.6 Å². The van der Waals surface area contributed by atoms with E-state index in [0.29, 0.717) is 4.47 Å². The number of hydrogen-bond donors (Lipinski definition) is 2. The summed E-state index contributed by atoms with van der Waals surface area (Å²) in [6, 6.07) is 8.70. The van der Waals surface area contributed by atoms with Crippen LogP contribution in [0.25, 0.3) is 0 Å². The minimum atomic E-state index is -0.214. The molecule has 0 bridgehead atoms. The lowest BCUT2D eigenvalue weighted by atomic mass is 9.87. The van der Waals surface area contributed by atoms with Crippen molar-refractivity contribution in [2.24, 2.45) is 0 Å². The van der Waals surface area contributed by atoms with Crippen LogP contribution in [0.5, 0.6) is 0 Å². The number of halogens is 1. The third-order valence-corrected chi connectivity index (χ3v) is 4.28. The minimum Gasteiger partial charge on any atom is -0.376 e. The molecule has 1 aliphatic carbocycles. The van der Waals surface area contributed by atoms with Gasteiger partial charge in [0.05, 0.1) is 17.9 Å². The predicted octanol–water partition coefficient (Wildman–Crippen LogP) is 3.02. The molecule has 3 rings (SSSR count). The molecular formula is C14H14BrN3O. The van der Waals surface area contributed by atoms with Gasteiger partial charge >= 0.3 is 0 Å². The van der Waals surface area contributed by atoms with Gasteiger partial charge in [-0.2, -0.15) is 5.10 Å². The lowest BCUT2D eigenvalue weighted by molar-refractivity contribution is 0.599. The van der Waals surface area contributed by atoms with Crippen LogP contribution in [0, 0.1) is 0 Å². The summed E-state index contributed by atoms with van der Waals surface area (Å²) in [5, 5.41) is 9.66. The number of fused-ring (bicyclic) bond motifs is 1. The van der Waals surface area contributed by atoms with Crippen LogP contribution in [0.4, 0.5) is 5.69 Å². The molecule has 1 atom stereocenters. The summed E-state index contributed by atoms with van der Waals surface area (Å²) in [4.78, 5) is 11.5. The van der Waals surface area contributed by atoms with Gasteiger partial charge in [-0.05, 0) is 46.3 Å². The van der Waals surface area contributed by atoms with Crippen LogP contribution in [-0.2, 0) is 6.42 Å². The Morgan fingerprint density at radius 2 is 2.21 bits per heavy atom. The lowest BCUT2D eigenvalue weighted by Gasteiger charge is -2.27. The molecule has 2 aromatic rings. The van der Waals surface area contributed by atoms with Crippen LogP contribution in [0.3, 0.4) is 0 Å². The number of H-pyrrole nitrogens is 1. The van der Waals surface area contributed by atoms with E-state index in [1.807, 2.05) is 0 Å². The molecule has 5 heteroatoms. The standard InChI is InChI=1S/C14H14BrN3O/c15-13-12(8-16-18-14(13)19)17-11-7-3-5-9-4-1-2-6-10(9)11/h1-2,4,6,8,11H,3,5,7H2,(H2,17,18,19). The van der Waals surface area contributed by atoms with Crippen molar-refractivity contribution in [2.75, 3.05) is 5.32 Å². The first-order valence-electron chi connectivity index (χ1n) is 6.33. The molecule has 0 fully saturated rings. The van der Waals surface area contributed by atoms with Gasteiger partial charge in [0.15, 0.2) is 0 Å². The number of aromatic amines is 1. The maximum atomic E-state index is 11.5. The van der Waals surface area contributed by atoms with Crippen molar-refractivity contribution in [1.29, 1.82) is 0 Å². The zero-order valence-corrected chi connectivity index (χ0v) is 11.9. The Hall–Kier alpha value is -1.62. The molecule has 1 aromatic heterocycles. The van der Waals surface area contributed by atoms with Crippen molar-refractivity contribution in [3.8, 4) is 0 Å². The van der Waals surface area contributed by atoms with Crippen LogP contribution >= 0.6 is 15.9 Å². The van der Waals surface area contributed by atoms with E-state index >= 15 is 0 Å². The van der Waals surface area contributed by atoms with Gasteiger partial charge in [-0.15, -0.1) is 0 Å². The lowest BCUT2D eigenvalue weighted by Crippen LogP contribution is -2.19. The van der Waals surface area contributed by atoms with Gasteiger partial charge < -0.3 is 5.32 Å². The van der Waals surface area contributed by atoms with Crippen LogP contribution in [-0.4, -0.2) is 10.2 Å². The summed E-state index contributed by atoms with van der Waals surface area (Å²) in [5.41, 5.74) is 3.24. The summed E-state index contributed by atoms with van der Waals surface area (Å²) in [5.74, 6) is 0. The summed E-state index contributed by atoms with van der Waals surface area (Å²) < 4.78 is 0.505. The van der Waals surface area contributed by atoms with Gasteiger partial charge in [-0.25, -0.2) is 5.10 Å². The van der Waals surface area contributed by atoms with E-state index in [9.17, 15) is 4.79 Å². The third kappa shape index (κ3) is 2.42. The Kier molecular flexibility index (Phi) is 3.38. The van der Waals surface area contributed by atoms with Crippen molar-refractivity contribution in [2.45, 2.75) is 25.3 Å². The molecule has 0 saturated heterocycles. The Morgan fingerprint density at radius 1 is 1.37 bits per heavy atom. The van der Waals surface area contributed by atoms with Crippen molar-refractivity contribution < 1.29 is 0 Å². The van der Waals surface area contributed by atoms with Gasteiger partial charge in [0.25, 0.3) is 5.56 Å². The predicted molar refractivity (Wildman–Crippen MR) is 78.3 cm³/mol. The molecule has 1 aliphatic rings. The molecule has 1 aromatic carbocycles. The van der Waals surface area contributed by atoms with E-state index in [-0.39, 0.29) is 11.6 Å². The number of aryl methyl sites for hydroxylation is 1. The topological polar surface area (TPSA) is 57.8 Å². The number of aromatic nitrogens is 2. The summed E-state index contributed by atoms with van der Waals surface area (Å²) in [6.07, 6.45) is 4.99. The van der Waals surface area contributed by atoms with E-state index in [1.54, 1.807) is 6.20 Å². The van der Waals surface area contributed by atoms with Crippen LogP contribution in [0.2, 0.25) is 0 Å². The second kappa shape index (κ2) is 5.17. The second-order valence-electron chi connectivity index (χ2n) is 4.71. The normalized spacial score (nSPS) is 17.8. The van der Waals surface area contributed by atoms with E-state index in [1.165, 1.54) is 11.1 Å². The molecule has 19 heavy (non-hydrogen) atoms. The first-order valence-corrected chi connectivity index (χ1v) is 7.12. The minimum absolute atomic E-state index is 0.214. The fraction of sp³-hybridized carbons (Fsp3) is 0.286. The monoisotopic (exact) mass is 319 g/mol. The van der Waals surface area contributed by atoms with E-state index in [4.69, 9.17) is 0 Å². The highest BCUT2D eigenvalue weighted by Crippen LogP contribution is 2.33. The van der Waals surface area contributed by atoms with Gasteiger partial charge in [0, 0.05) is 0 Å². The average Bonchev–Trinajstić information content (AvgIpc) is 2.44. The smallest absolute Gasteiger partial charge is 0.280 e. The Labute approximate surface area is 119 Å². The summed E-state index contributed by atoms with van der Waals surface area (Å²) in [6.45, 7) is 0.